The van der Waals surface area contributed by atoms with E-state index in [-0.39, 0.29) is 0 Å². The first-order valence-electron chi connectivity index (χ1n) is 5.45. The molecule has 5 nitrogen and oxygen atoms in total. The summed E-state index contributed by atoms with van der Waals surface area (Å²) < 4.78 is 3.80. The van der Waals surface area contributed by atoms with E-state index in [2.05, 4.69) is 21.6 Å². The number of hydrogen-bond donors (Lipinski definition) is 1. The first-order valence-corrected chi connectivity index (χ1v) is 5.45. The van der Waals surface area contributed by atoms with Gasteiger partial charge in [0.25, 0.3) is 0 Å². The normalized spacial score (nSPS) is 10.5. The Morgan fingerprint density at radius 1 is 1.28 bits per heavy atom. The minimum absolute atomic E-state index is 0.777. The van der Waals surface area contributed by atoms with Gasteiger partial charge in [-0.15, -0.1) is 0 Å². The summed E-state index contributed by atoms with van der Waals surface area (Å²) in [5.41, 5.74) is 1.64. The second-order valence-corrected chi connectivity index (χ2v) is 3.84. The van der Waals surface area contributed by atoms with Crippen LogP contribution in [0.4, 0.5) is 17.3 Å². The lowest BCUT2D eigenvalue weighted by Gasteiger charge is -1.96. The van der Waals surface area contributed by atoms with E-state index in [9.17, 15) is 0 Å². The van der Waals surface area contributed by atoms with Gasteiger partial charge in [-0.2, -0.15) is 0 Å². The number of aryl methyl sites for hydroxylation is 2. The molecule has 1 aromatic carbocycles. The van der Waals surface area contributed by atoms with Crippen LogP contribution in [-0.2, 0) is 14.1 Å². The molecule has 2 aromatic rings. The number of nitrogens with one attached hydrogen (secondary N) is 1. The van der Waals surface area contributed by atoms with Crippen molar-refractivity contribution < 1.29 is 4.57 Å². The van der Waals surface area contributed by atoms with E-state index in [0.29, 0.717) is 0 Å². The summed E-state index contributed by atoms with van der Waals surface area (Å²) in [5.74, 6) is 0.779. The molecule has 0 aliphatic carbocycles. The number of terminal acetylenes is 1. The molecule has 0 aliphatic heterocycles. The predicted molar refractivity (Wildman–Crippen MR) is 69.7 cm³/mol. The Labute approximate surface area is 106 Å². The summed E-state index contributed by atoms with van der Waals surface area (Å²) in [4.78, 5) is 0. The average molecular weight is 240 g/mol. The minimum Gasteiger partial charge on any atom is -0.315 e. The first kappa shape index (κ1) is 11.9. The molecule has 0 bridgehead atoms. The minimum atomic E-state index is 0.777. The lowest BCUT2D eigenvalue weighted by atomic mass is 10.3. The van der Waals surface area contributed by atoms with Crippen molar-refractivity contribution in [3.63, 3.8) is 0 Å². The molecule has 1 heterocycles. The van der Waals surface area contributed by atoms with Crippen molar-refractivity contribution in [1.82, 2.24) is 4.57 Å². The summed E-state index contributed by atoms with van der Waals surface area (Å²) in [6.07, 6.45) is 9.00. The van der Waals surface area contributed by atoms with Gasteiger partial charge in [-0.25, -0.2) is 9.13 Å². The van der Waals surface area contributed by atoms with E-state index >= 15 is 0 Å². The van der Waals surface area contributed by atoms with Gasteiger partial charge in [0, 0.05) is 16.8 Å². The van der Waals surface area contributed by atoms with Crippen molar-refractivity contribution in [3.8, 4) is 12.5 Å². The van der Waals surface area contributed by atoms with Crippen LogP contribution in [0, 0.1) is 12.5 Å². The van der Waals surface area contributed by atoms with Crippen LogP contribution >= 0.6 is 0 Å². The molecule has 2 rings (SSSR count). The molecule has 0 amide bonds. The van der Waals surface area contributed by atoms with Crippen molar-refractivity contribution in [2.24, 2.45) is 24.3 Å². The van der Waals surface area contributed by atoms with E-state index < -0.39 is 0 Å². The molecular weight excluding hydrogens is 226 g/mol. The van der Waals surface area contributed by atoms with E-state index in [0.717, 1.165) is 17.3 Å². The molecule has 0 spiro atoms. The third-order valence-corrected chi connectivity index (χ3v) is 2.48. The number of azo groups is 1. The zero-order valence-corrected chi connectivity index (χ0v) is 10.3. The molecule has 0 atom stereocenters. The van der Waals surface area contributed by atoms with E-state index in [1.165, 1.54) is 0 Å². The van der Waals surface area contributed by atoms with Crippen molar-refractivity contribution in [2.75, 3.05) is 5.32 Å². The monoisotopic (exact) mass is 240 g/mol. The number of aromatic nitrogens is 2. The quantitative estimate of drug-likeness (QED) is 0.380. The number of benzene rings is 1. The van der Waals surface area contributed by atoms with Crippen LogP contribution in [0.5, 0.6) is 0 Å². The largest absolute Gasteiger partial charge is 0.421 e. The summed E-state index contributed by atoms with van der Waals surface area (Å²) in [6, 6.07) is 9.79. The molecule has 5 heteroatoms. The Bertz CT molecular complexity index is 582. The van der Waals surface area contributed by atoms with Crippen LogP contribution in [0.1, 0.15) is 0 Å². The highest BCUT2D eigenvalue weighted by Crippen LogP contribution is 2.18. The Morgan fingerprint density at radius 2 is 2.00 bits per heavy atom. The third-order valence-electron chi connectivity index (χ3n) is 2.48. The predicted octanol–water partition coefficient (Wildman–Crippen LogP) is 2.27. The van der Waals surface area contributed by atoms with Gasteiger partial charge >= 0.3 is 5.95 Å². The highest BCUT2D eigenvalue weighted by molar-refractivity contribution is 5.53. The fourth-order valence-corrected chi connectivity index (χ4v) is 1.52. The van der Waals surface area contributed by atoms with Crippen LogP contribution in [0.2, 0.25) is 0 Å². The molecule has 18 heavy (non-hydrogen) atoms. The fourth-order valence-electron chi connectivity index (χ4n) is 1.52. The molecule has 1 aromatic heterocycles. The zero-order chi connectivity index (χ0) is 13.0. The Hall–Kier alpha value is -2.61. The van der Waals surface area contributed by atoms with Crippen LogP contribution in [0.15, 0.2) is 46.9 Å². The topological polar surface area (TPSA) is 45.6 Å². The maximum Gasteiger partial charge on any atom is 0.421 e. The van der Waals surface area contributed by atoms with Crippen molar-refractivity contribution in [2.45, 2.75) is 0 Å². The van der Waals surface area contributed by atoms with Crippen LogP contribution in [0.3, 0.4) is 0 Å². The van der Waals surface area contributed by atoms with Gasteiger partial charge in [-0.05, 0) is 24.3 Å². The van der Waals surface area contributed by atoms with E-state index in [1.807, 2.05) is 59.9 Å². The summed E-state index contributed by atoms with van der Waals surface area (Å²) >= 11 is 0. The molecule has 0 unspecified atom stereocenters. The zero-order valence-electron chi connectivity index (χ0n) is 10.3. The highest BCUT2D eigenvalue weighted by atomic mass is 15.3. The fraction of sp³-hybridized carbons (Fsp3) is 0.154. The molecule has 90 valence electrons. The molecule has 0 saturated heterocycles. The molecular formula is C13H14N5+. The standard InChI is InChI=1S/C13H13N5/c1-4-14-11-5-7-12(8-6-11)15-16-13-17(2)9-10-18(13)3/h1,5-10H,2-3H3/p+1. The Kier molecular flexibility index (Phi) is 3.39. The number of nitrogens with zero attached hydrogens (tertiary/aromatic N) is 4. The maximum atomic E-state index is 5.15. The lowest BCUT2D eigenvalue weighted by Crippen LogP contribution is -2.25. The third kappa shape index (κ3) is 2.55. The van der Waals surface area contributed by atoms with E-state index in [1.54, 1.807) is 0 Å². The smallest absolute Gasteiger partial charge is 0.315 e. The number of hydrogen-bond acceptors (Lipinski definition) is 3. The van der Waals surface area contributed by atoms with Gasteiger partial charge in [0.15, 0.2) is 0 Å². The summed E-state index contributed by atoms with van der Waals surface area (Å²) in [6.45, 7) is 0. The van der Waals surface area contributed by atoms with Crippen molar-refractivity contribution in [1.29, 1.82) is 0 Å². The van der Waals surface area contributed by atoms with Crippen LogP contribution < -0.4 is 9.88 Å². The Balaban J connectivity index is 2.17. The molecule has 0 radical (unpaired) electrons. The molecule has 1 N–H and O–H groups in total. The van der Waals surface area contributed by atoms with Crippen molar-refractivity contribution >= 4 is 17.3 Å². The Morgan fingerprint density at radius 3 is 2.56 bits per heavy atom. The van der Waals surface area contributed by atoms with Gasteiger partial charge < -0.3 is 5.32 Å². The van der Waals surface area contributed by atoms with Gasteiger partial charge in [0.05, 0.1) is 26.5 Å². The van der Waals surface area contributed by atoms with E-state index in [4.69, 9.17) is 6.42 Å². The first-order chi connectivity index (χ1) is 8.70. The van der Waals surface area contributed by atoms with Crippen LogP contribution in [0.25, 0.3) is 0 Å². The summed E-state index contributed by atoms with van der Waals surface area (Å²) in [7, 11) is 3.85. The number of imidazole rings is 1. The van der Waals surface area contributed by atoms with Gasteiger partial charge in [-0.1, -0.05) is 11.5 Å². The average Bonchev–Trinajstić information content (AvgIpc) is 2.69. The molecule has 0 aliphatic rings. The SMILES string of the molecule is C#CNc1ccc(N=Nc2n(C)cc[n+]2C)cc1. The highest BCUT2D eigenvalue weighted by Gasteiger charge is 2.09. The second kappa shape index (κ2) is 5.15. The second-order valence-electron chi connectivity index (χ2n) is 3.84. The molecule has 0 fully saturated rings. The lowest BCUT2D eigenvalue weighted by molar-refractivity contribution is -0.657. The van der Waals surface area contributed by atoms with Gasteiger partial charge in [-0.3, -0.25) is 0 Å². The number of rotatable bonds is 3. The van der Waals surface area contributed by atoms with Crippen LogP contribution in [-0.4, -0.2) is 4.57 Å². The number of anilines is 1. The van der Waals surface area contributed by atoms with Crippen molar-refractivity contribution in [3.05, 3.63) is 36.7 Å². The van der Waals surface area contributed by atoms with Gasteiger partial charge in [0.2, 0.25) is 0 Å². The van der Waals surface area contributed by atoms with Gasteiger partial charge in [0.1, 0.15) is 5.69 Å². The molecule has 0 saturated carbocycles. The summed E-state index contributed by atoms with van der Waals surface area (Å²) in [5, 5.41) is 11.1. The maximum absolute atomic E-state index is 5.15.